The zero-order valence-corrected chi connectivity index (χ0v) is 15.9. The first-order valence-electron chi connectivity index (χ1n) is 10.2. The van der Waals surface area contributed by atoms with Gasteiger partial charge in [-0.1, -0.05) is 12.1 Å². The number of hydrogen-bond donors (Lipinski definition) is 2. The summed E-state index contributed by atoms with van der Waals surface area (Å²) in [5.74, 6) is 1.48. The molecule has 0 aromatic heterocycles. The van der Waals surface area contributed by atoms with Crippen molar-refractivity contribution in [3.63, 3.8) is 0 Å². The van der Waals surface area contributed by atoms with Crippen molar-refractivity contribution >= 4 is 17.7 Å². The number of carbonyl (C=O) groups excluding carboxylic acids is 3. The molecule has 0 bridgehead atoms. The molecule has 1 aromatic rings. The summed E-state index contributed by atoms with van der Waals surface area (Å²) in [5, 5.41) is 2.35. The first-order chi connectivity index (χ1) is 13.5. The molecule has 0 spiro atoms. The molecule has 4 atom stereocenters. The lowest BCUT2D eigenvalue weighted by atomic mass is 9.67. The van der Waals surface area contributed by atoms with Crippen molar-refractivity contribution in [3.05, 3.63) is 34.9 Å². The third-order valence-corrected chi connectivity index (χ3v) is 7.08. The van der Waals surface area contributed by atoms with E-state index in [-0.39, 0.29) is 24.1 Å². The van der Waals surface area contributed by atoms with E-state index in [1.807, 2.05) is 12.1 Å². The van der Waals surface area contributed by atoms with Gasteiger partial charge in [0.2, 0.25) is 11.8 Å². The third-order valence-electron chi connectivity index (χ3n) is 7.08. The molecule has 5 rings (SSSR count). The van der Waals surface area contributed by atoms with Crippen molar-refractivity contribution < 1.29 is 14.4 Å². The molecule has 3 heterocycles. The molecule has 1 aliphatic carbocycles. The van der Waals surface area contributed by atoms with Crippen LogP contribution in [0.2, 0.25) is 0 Å². The molecule has 3 aliphatic heterocycles. The Balaban J connectivity index is 1.28. The molecule has 7 heteroatoms. The largest absolute Gasteiger partial charge is 0.330 e. The molecule has 28 heavy (non-hydrogen) atoms. The average molecular weight is 382 g/mol. The Bertz CT molecular complexity index is 854. The highest BCUT2D eigenvalue weighted by Crippen LogP contribution is 2.45. The van der Waals surface area contributed by atoms with Crippen molar-refractivity contribution in [1.29, 1.82) is 0 Å². The van der Waals surface area contributed by atoms with Gasteiger partial charge in [-0.3, -0.25) is 24.6 Å². The van der Waals surface area contributed by atoms with Crippen LogP contribution in [0, 0.1) is 17.8 Å². The van der Waals surface area contributed by atoms with Gasteiger partial charge in [0.15, 0.2) is 0 Å². The van der Waals surface area contributed by atoms with E-state index in [1.165, 1.54) is 6.42 Å². The highest BCUT2D eigenvalue weighted by molar-refractivity contribution is 6.05. The van der Waals surface area contributed by atoms with Crippen molar-refractivity contribution in [2.45, 2.75) is 38.4 Å². The predicted octanol–water partition coefficient (Wildman–Crippen LogP) is 0.474. The standard InChI is InChI=1S/C21H26N4O3/c22-7-14-6-15-9-24(11-17(14)15)8-12-1-2-13-10-25(21(28)16(13)5-12)18-3-4-19(26)23-20(18)27/h1-2,5,14-15,17-18H,3-4,6-11,22H2,(H,23,26,27). The number of nitrogens with one attached hydrogen (secondary N) is 1. The van der Waals surface area contributed by atoms with Crippen molar-refractivity contribution in [1.82, 2.24) is 15.1 Å². The Morgan fingerprint density at radius 1 is 1.18 bits per heavy atom. The quantitative estimate of drug-likeness (QED) is 0.739. The number of fused-ring (bicyclic) bond motifs is 2. The van der Waals surface area contributed by atoms with E-state index in [9.17, 15) is 14.4 Å². The van der Waals surface area contributed by atoms with Crippen LogP contribution < -0.4 is 11.1 Å². The maximum Gasteiger partial charge on any atom is 0.255 e. The van der Waals surface area contributed by atoms with Gasteiger partial charge < -0.3 is 10.6 Å². The number of carbonyl (C=O) groups is 3. The van der Waals surface area contributed by atoms with E-state index in [1.54, 1.807) is 4.90 Å². The Morgan fingerprint density at radius 2 is 2.04 bits per heavy atom. The van der Waals surface area contributed by atoms with E-state index in [0.717, 1.165) is 49.1 Å². The minimum atomic E-state index is -0.552. The molecular formula is C21H26N4O3. The second kappa shape index (κ2) is 6.67. The summed E-state index contributed by atoms with van der Waals surface area (Å²) < 4.78 is 0. The fraction of sp³-hybridized carbons (Fsp3) is 0.571. The summed E-state index contributed by atoms with van der Waals surface area (Å²) in [7, 11) is 0. The number of piperidine rings is 1. The average Bonchev–Trinajstić information content (AvgIpc) is 3.14. The maximum atomic E-state index is 12.9. The fourth-order valence-electron chi connectivity index (χ4n) is 5.50. The van der Waals surface area contributed by atoms with Crippen molar-refractivity contribution in [2.24, 2.45) is 23.5 Å². The van der Waals surface area contributed by atoms with Gasteiger partial charge in [0.25, 0.3) is 5.91 Å². The van der Waals surface area contributed by atoms with Gasteiger partial charge in [0.1, 0.15) is 6.04 Å². The van der Waals surface area contributed by atoms with Gasteiger partial charge in [0, 0.05) is 38.2 Å². The minimum absolute atomic E-state index is 0.101. The van der Waals surface area contributed by atoms with Gasteiger partial charge in [0.05, 0.1) is 0 Å². The van der Waals surface area contributed by atoms with Crippen LogP contribution >= 0.6 is 0 Å². The van der Waals surface area contributed by atoms with E-state index < -0.39 is 6.04 Å². The van der Waals surface area contributed by atoms with E-state index in [2.05, 4.69) is 16.3 Å². The first kappa shape index (κ1) is 17.8. The van der Waals surface area contributed by atoms with Crippen LogP contribution in [-0.4, -0.2) is 53.2 Å². The summed E-state index contributed by atoms with van der Waals surface area (Å²) in [6.45, 7) is 4.29. The summed E-state index contributed by atoms with van der Waals surface area (Å²) in [4.78, 5) is 40.6. The molecule has 3 amide bonds. The van der Waals surface area contributed by atoms with Crippen LogP contribution in [0.1, 0.15) is 40.7 Å². The van der Waals surface area contributed by atoms with Crippen LogP contribution in [0.5, 0.6) is 0 Å². The minimum Gasteiger partial charge on any atom is -0.330 e. The van der Waals surface area contributed by atoms with Crippen LogP contribution in [0.25, 0.3) is 0 Å². The summed E-state index contributed by atoms with van der Waals surface area (Å²) in [6.07, 6.45) is 1.93. The molecule has 7 nitrogen and oxygen atoms in total. The van der Waals surface area contributed by atoms with E-state index in [0.29, 0.717) is 24.4 Å². The molecule has 4 aliphatic rings. The lowest BCUT2D eigenvalue weighted by molar-refractivity contribution is -0.136. The highest BCUT2D eigenvalue weighted by atomic mass is 16.2. The van der Waals surface area contributed by atoms with Crippen molar-refractivity contribution in [3.8, 4) is 0 Å². The normalized spacial score (nSPS) is 32.2. The Hall–Kier alpha value is -2.25. The molecule has 1 aromatic carbocycles. The van der Waals surface area contributed by atoms with Gasteiger partial charge in [-0.05, 0) is 54.3 Å². The number of benzene rings is 1. The number of likely N-dealkylation sites (tertiary alicyclic amines) is 1. The number of imide groups is 1. The molecule has 2 saturated heterocycles. The second-order valence-corrected chi connectivity index (χ2v) is 8.74. The lowest BCUT2D eigenvalue weighted by Crippen LogP contribution is -2.52. The van der Waals surface area contributed by atoms with Crippen molar-refractivity contribution in [2.75, 3.05) is 19.6 Å². The Kier molecular flexibility index (Phi) is 4.25. The van der Waals surface area contributed by atoms with Gasteiger partial charge in [-0.2, -0.15) is 0 Å². The van der Waals surface area contributed by atoms with Crippen LogP contribution in [0.4, 0.5) is 0 Å². The van der Waals surface area contributed by atoms with E-state index >= 15 is 0 Å². The number of nitrogens with zero attached hydrogens (tertiary/aromatic N) is 2. The molecule has 0 radical (unpaired) electrons. The molecular weight excluding hydrogens is 356 g/mol. The van der Waals surface area contributed by atoms with E-state index in [4.69, 9.17) is 5.73 Å². The topological polar surface area (TPSA) is 95.7 Å². The molecule has 3 fully saturated rings. The molecule has 1 saturated carbocycles. The number of amides is 3. The van der Waals surface area contributed by atoms with Crippen LogP contribution in [0.15, 0.2) is 18.2 Å². The SMILES string of the molecule is NCC1CC2CN(Cc3ccc4c(c3)C(=O)N(C3CCC(=O)NC3=O)C4)CC12. The molecule has 4 unspecified atom stereocenters. The third kappa shape index (κ3) is 2.84. The van der Waals surface area contributed by atoms with Crippen LogP contribution in [-0.2, 0) is 22.7 Å². The zero-order valence-electron chi connectivity index (χ0n) is 15.9. The maximum absolute atomic E-state index is 12.9. The summed E-state index contributed by atoms with van der Waals surface area (Å²) >= 11 is 0. The predicted molar refractivity (Wildman–Crippen MR) is 102 cm³/mol. The van der Waals surface area contributed by atoms with Gasteiger partial charge in [-0.25, -0.2) is 0 Å². The molecule has 148 valence electrons. The van der Waals surface area contributed by atoms with Crippen LogP contribution in [0.3, 0.4) is 0 Å². The number of rotatable bonds is 4. The fourth-order valence-corrected chi connectivity index (χ4v) is 5.50. The Morgan fingerprint density at radius 3 is 2.82 bits per heavy atom. The number of nitrogens with two attached hydrogens (primary N) is 1. The van der Waals surface area contributed by atoms with Gasteiger partial charge >= 0.3 is 0 Å². The highest BCUT2D eigenvalue weighted by Gasteiger charge is 2.46. The Labute approximate surface area is 164 Å². The summed E-state index contributed by atoms with van der Waals surface area (Å²) in [6, 6.07) is 5.55. The first-order valence-corrected chi connectivity index (χ1v) is 10.2. The monoisotopic (exact) mass is 382 g/mol. The molecule has 3 N–H and O–H groups in total. The second-order valence-electron chi connectivity index (χ2n) is 8.74. The smallest absolute Gasteiger partial charge is 0.255 e. The van der Waals surface area contributed by atoms with Gasteiger partial charge in [-0.15, -0.1) is 0 Å². The zero-order chi connectivity index (χ0) is 19.4. The lowest BCUT2D eigenvalue weighted by Gasteiger charge is -2.38. The summed E-state index contributed by atoms with van der Waals surface area (Å²) in [5.41, 5.74) is 8.65. The number of hydrogen-bond acceptors (Lipinski definition) is 5.